The number of imidazole rings is 1. The summed E-state index contributed by atoms with van der Waals surface area (Å²) in [6.07, 6.45) is 9.31. The Labute approximate surface area is 144 Å². The van der Waals surface area contributed by atoms with E-state index in [-0.39, 0.29) is 0 Å². The Balaban J connectivity index is 1.46. The van der Waals surface area contributed by atoms with E-state index in [4.69, 9.17) is 4.74 Å². The molecule has 0 saturated carbocycles. The average Bonchev–Trinajstić information content (AvgIpc) is 3.23. The molecule has 0 spiro atoms. The lowest BCUT2D eigenvalue weighted by Crippen LogP contribution is -2.30. The molecule has 0 aromatic carbocycles. The van der Waals surface area contributed by atoms with Crippen molar-refractivity contribution in [1.82, 2.24) is 24.4 Å². The average molecular weight is 341 g/mol. The SMILES string of the molecule is c1cncc(OC[C@H]2CN(Cc3nccs3)Cc3nccn3C2)c1. The predicted molar refractivity (Wildman–Crippen MR) is 91.7 cm³/mol. The van der Waals surface area contributed by atoms with Crippen LogP contribution in [0, 0.1) is 5.92 Å². The van der Waals surface area contributed by atoms with Crippen LogP contribution in [0.4, 0.5) is 0 Å². The summed E-state index contributed by atoms with van der Waals surface area (Å²) in [6, 6.07) is 3.84. The van der Waals surface area contributed by atoms with Crippen molar-refractivity contribution in [3.05, 3.63) is 59.3 Å². The van der Waals surface area contributed by atoms with Gasteiger partial charge in [-0.05, 0) is 12.1 Å². The topological polar surface area (TPSA) is 56.1 Å². The minimum absolute atomic E-state index is 0.389. The van der Waals surface area contributed by atoms with E-state index in [9.17, 15) is 0 Å². The van der Waals surface area contributed by atoms with Gasteiger partial charge in [0.25, 0.3) is 0 Å². The molecule has 0 bridgehead atoms. The highest BCUT2D eigenvalue weighted by Gasteiger charge is 2.23. The second-order valence-corrected chi connectivity index (χ2v) is 6.94. The third-order valence-electron chi connectivity index (χ3n) is 4.10. The van der Waals surface area contributed by atoms with E-state index in [2.05, 4.69) is 30.6 Å². The first-order chi connectivity index (χ1) is 11.9. The van der Waals surface area contributed by atoms with Crippen molar-refractivity contribution in [2.45, 2.75) is 19.6 Å². The van der Waals surface area contributed by atoms with E-state index in [0.29, 0.717) is 12.5 Å². The first kappa shape index (κ1) is 15.3. The van der Waals surface area contributed by atoms with E-state index in [0.717, 1.165) is 42.8 Å². The standard InChI is InChI=1S/C17H19N5OS/c1-2-15(8-18-3-1)23-13-14-9-21(12-17-20-5-7-24-17)11-16-19-4-6-22(16)10-14/h1-8,14H,9-13H2/t14-/m0/s1. The van der Waals surface area contributed by atoms with Gasteiger partial charge in [-0.1, -0.05) is 0 Å². The van der Waals surface area contributed by atoms with Gasteiger partial charge in [-0.2, -0.15) is 0 Å². The smallest absolute Gasteiger partial charge is 0.137 e. The van der Waals surface area contributed by atoms with Crippen molar-refractivity contribution in [3.8, 4) is 5.75 Å². The molecule has 1 aliphatic heterocycles. The van der Waals surface area contributed by atoms with Gasteiger partial charge in [0, 0.05) is 49.2 Å². The van der Waals surface area contributed by atoms with Crippen molar-refractivity contribution in [1.29, 1.82) is 0 Å². The summed E-state index contributed by atoms with van der Waals surface area (Å²) in [7, 11) is 0. The Kier molecular flexibility index (Phi) is 4.53. The second-order valence-electron chi connectivity index (χ2n) is 5.96. The van der Waals surface area contributed by atoms with Crippen molar-refractivity contribution >= 4 is 11.3 Å². The van der Waals surface area contributed by atoms with Crippen LogP contribution in [0.5, 0.6) is 5.75 Å². The molecule has 0 unspecified atom stereocenters. The van der Waals surface area contributed by atoms with Gasteiger partial charge >= 0.3 is 0 Å². The Bertz CT molecular complexity index is 758. The summed E-state index contributed by atoms with van der Waals surface area (Å²) in [4.78, 5) is 15.4. The molecule has 0 fully saturated rings. The Hall–Kier alpha value is -2.25. The summed E-state index contributed by atoms with van der Waals surface area (Å²) in [5, 5.41) is 3.17. The molecular formula is C17H19N5OS. The number of rotatable bonds is 5. The predicted octanol–water partition coefficient (Wildman–Crippen LogP) is 2.45. The molecule has 1 aliphatic rings. The highest BCUT2D eigenvalue weighted by molar-refractivity contribution is 7.09. The van der Waals surface area contributed by atoms with Crippen LogP contribution in [0.25, 0.3) is 0 Å². The van der Waals surface area contributed by atoms with Gasteiger partial charge in [-0.25, -0.2) is 9.97 Å². The molecule has 4 rings (SSSR count). The lowest BCUT2D eigenvalue weighted by molar-refractivity contribution is 0.167. The highest BCUT2D eigenvalue weighted by Crippen LogP contribution is 2.19. The van der Waals surface area contributed by atoms with E-state index in [1.54, 1.807) is 23.7 Å². The van der Waals surface area contributed by atoms with Crippen LogP contribution in [-0.4, -0.2) is 37.6 Å². The molecule has 124 valence electrons. The van der Waals surface area contributed by atoms with Gasteiger partial charge < -0.3 is 9.30 Å². The van der Waals surface area contributed by atoms with Crippen molar-refractivity contribution in [2.75, 3.05) is 13.2 Å². The maximum absolute atomic E-state index is 5.94. The Morgan fingerprint density at radius 3 is 3.04 bits per heavy atom. The number of nitrogens with zero attached hydrogens (tertiary/aromatic N) is 5. The number of ether oxygens (including phenoxy) is 1. The molecule has 4 heterocycles. The maximum Gasteiger partial charge on any atom is 0.137 e. The molecular weight excluding hydrogens is 322 g/mol. The van der Waals surface area contributed by atoms with E-state index < -0.39 is 0 Å². The summed E-state index contributed by atoms with van der Waals surface area (Å²) >= 11 is 1.70. The van der Waals surface area contributed by atoms with Crippen LogP contribution in [0.3, 0.4) is 0 Å². The minimum atomic E-state index is 0.389. The number of aromatic nitrogens is 4. The van der Waals surface area contributed by atoms with Crippen LogP contribution in [-0.2, 0) is 19.6 Å². The highest BCUT2D eigenvalue weighted by atomic mass is 32.1. The van der Waals surface area contributed by atoms with Gasteiger partial charge in [0.15, 0.2) is 0 Å². The van der Waals surface area contributed by atoms with Crippen molar-refractivity contribution in [3.63, 3.8) is 0 Å². The summed E-state index contributed by atoms with van der Waals surface area (Å²) in [6.45, 7) is 4.24. The third kappa shape index (κ3) is 3.63. The first-order valence-electron chi connectivity index (χ1n) is 8.00. The van der Waals surface area contributed by atoms with Crippen LogP contribution in [0.2, 0.25) is 0 Å². The number of pyridine rings is 1. The van der Waals surface area contributed by atoms with Crippen molar-refractivity contribution < 1.29 is 4.74 Å². The molecule has 24 heavy (non-hydrogen) atoms. The summed E-state index contributed by atoms with van der Waals surface area (Å²) in [5.74, 6) is 2.31. The molecule has 0 saturated heterocycles. The quantitative estimate of drug-likeness (QED) is 0.713. The molecule has 3 aromatic rings. The number of thiazole rings is 1. The van der Waals surface area contributed by atoms with Gasteiger partial charge in [-0.3, -0.25) is 9.88 Å². The molecule has 0 amide bonds. The van der Waals surface area contributed by atoms with Gasteiger partial charge in [-0.15, -0.1) is 11.3 Å². The fourth-order valence-corrected chi connectivity index (χ4v) is 3.68. The summed E-state index contributed by atoms with van der Waals surface area (Å²) in [5.41, 5.74) is 0. The van der Waals surface area contributed by atoms with Crippen LogP contribution in [0.15, 0.2) is 48.5 Å². The van der Waals surface area contributed by atoms with E-state index >= 15 is 0 Å². The monoisotopic (exact) mass is 341 g/mol. The number of hydrogen-bond acceptors (Lipinski definition) is 6. The molecule has 0 radical (unpaired) electrons. The first-order valence-corrected chi connectivity index (χ1v) is 8.88. The lowest BCUT2D eigenvalue weighted by atomic mass is 10.1. The molecule has 7 heteroatoms. The van der Waals surface area contributed by atoms with E-state index in [1.165, 1.54) is 0 Å². The fourth-order valence-electron chi connectivity index (χ4n) is 3.02. The fraction of sp³-hybridized carbons (Fsp3) is 0.353. The van der Waals surface area contributed by atoms with Gasteiger partial charge in [0.05, 0.1) is 25.9 Å². The van der Waals surface area contributed by atoms with Crippen molar-refractivity contribution in [2.24, 2.45) is 5.92 Å². The second kappa shape index (κ2) is 7.11. The van der Waals surface area contributed by atoms with Crippen LogP contribution >= 0.6 is 11.3 Å². The van der Waals surface area contributed by atoms with Gasteiger partial charge in [0.2, 0.25) is 0 Å². The van der Waals surface area contributed by atoms with E-state index in [1.807, 2.05) is 29.9 Å². The third-order valence-corrected chi connectivity index (χ3v) is 4.86. The zero-order chi connectivity index (χ0) is 16.2. The normalized spacial score (nSPS) is 18.1. The largest absolute Gasteiger partial charge is 0.492 e. The molecule has 1 atom stereocenters. The van der Waals surface area contributed by atoms with Crippen LogP contribution in [0.1, 0.15) is 10.8 Å². The molecule has 6 nitrogen and oxygen atoms in total. The number of hydrogen-bond donors (Lipinski definition) is 0. The Morgan fingerprint density at radius 1 is 1.21 bits per heavy atom. The lowest BCUT2D eigenvalue weighted by Gasteiger charge is -2.23. The van der Waals surface area contributed by atoms with Gasteiger partial charge in [0.1, 0.15) is 16.6 Å². The minimum Gasteiger partial charge on any atom is -0.492 e. The maximum atomic E-state index is 5.94. The zero-order valence-electron chi connectivity index (χ0n) is 13.3. The molecule has 3 aromatic heterocycles. The molecule has 0 aliphatic carbocycles. The molecule has 0 N–H and O–H groups in total. The van der Waals surface area contributed by atoms with Crippen LogP contribution < -0.4 is 4.74 Å². The Morgan fingerprint density at radius 2 is 2.21 bits per heavy atom. The number of fused-ring (bicyclic) bond motifs is 1. The summed E-state index contributed by atoms with van der Waals surface area (Å²) < 4.78 is 8.18. The zero-order valence-corrected chi connectivity index (χ0v) is 14.1.